The third kappa shape index (κ3) is 7.51. The van der Waals surface area contributed by atoms with E-state index in [1.165, 1.54) is 19.4 Å². The molecule has 1 aliphatic heterocycles. The number of aromatic nitrogens is 5. The predicted molar refractivity (Wildman–Crippen MR) is 148 cm³/mol. The SMILES string of the molecule is CN(c1nccnc1CNc1nc(Nc2ccc3c(n2)CCN(C(=O)OC(C)(C)C)C3)ncc1C(F)(F)F)S(C)(=O)=O. The third-order valence-electron chi connectivity index (χ3n) is 6.00. The lowest BCUT2D eigenvalue weighted by Gasteiger charge is -2.30. The van der Waals surface area contributed by atoms with Crippen LogP contribution >= 0.6 is 0 Å². The van der Waals surface area contributed by atoms with Gasteiger partial charge in [-0.05, 0) is 32.4 Å². The number of rotatable bonds is 7. The van der Waals surface area contributed by atoms with Gasteiger partial charge in [0.25, 0.3) is 0 Å². The van der Waals surface area contributed by atoms with Gasteiger partial charge in [0.1, 0.15) is 28.5 Å². The molecule has 1 aliphatic rings. The van der Waals surface area contributed by atoms with Crippen LogP contribution in [-0.4, -0.2) is 69.8 Å². The summed E-state index contributed by atoms with van der Waals surface area (Å²) in [6, 6.07) is 3.37. The van der Waals surface area contributed by atoms with Crippen LogP contribution in [0.25, 0.3) is 0 Å². The molecule has 0 saturated heterocycles. The summed E-state index contributed by atoms with van der Waals surface area (Å²) in [4.78, 5) is 34.4. The number of nitrogens with zero attached hydrogens (tertiary/aromatic N) is 7. The van der Waals surface area contributed by atoms with E-state index in [0.717, 1.165) is 21.8 Å². The number of nitrogens with one attached hydrogen (secondary N) is 2. The number of alkyl halides is 3. The average molecular weight is 610 g/mol. The maximum absolute atomic E-state index is 13.8. The molecule has 0 saturated carbocycles. The van der Waals surface area contributed by atoms with Crippen LogP contribution in [-0.2, 0) is 40.4 Å². The minimum absolute atomic E-state index is 0.0445. The number of halogens is 3. The highest BCUT2D eigenvalue weighted by Gasteiger charge is 2.35. The Morgan fingerprint density at radius 2 is 1.83 bits per heavy atom. The molecule has 17 heteroatoms. The minimum Gasteiger partial charge on any atom is -0.444 e. The number of hydrogen-bond donors (Lipinski definition) is 2. The van der Waals surface area contributed by atoms with Gasteiger partial charge in [-0.3, -0.25) is 9.29 Å². The summed E-state index contributed by atoms with van der Waals surface area (Å²) in [5, 5.41) is 5.41. The van der Waals surface area contributed by atoms with E-state index >= 15 is 0 Å². The summed E-state index contributed by atoms with van der Waals surface area (Å²) in [6.45, 7) is 5.75. The van der Waals surface area contributed by atoms with Crippen molar-refractivity contribution in [3.05, 3.63) is 53.2 Å². The number of carbonyl (C=O) groups excluding carboxylic acids is 1. The van der Waals surface area contributed by atoms with Gasteiger partial charge in [0, 0.05) is 44.3 Å². The van der Waals surface area contributed by atoms with Crippen LogP contribution in [0.15, 0.2) is 30.7 Å². The van der Waals surface area contributed by atoms with Crippen LogP contribution in [0.4, 0.5) is 41.4 Å². The molecule has 3 aromatic heterocycles. The van der Waals surface area contributed by atoms with Crippen molar-refractivity contribution in [3.8, 4) is 0 Å². The highest BCUT2D eigenvalue weighted by atomic mass is 32.2. The van der Waals surface area contributed by atoms with E-state index in [2.05, 4.69) is 35.6 Å². The maximum Gasteiger partial charge on any atom is 0.421 e. The molecule has 226 valence electrons. The number of fused-ring (bicyclic) bond motifs is 1. The maximum atomic E-state index is 13.8. The van der Waals surface area contributed by atoms with Gasteiger partial charge in [-0.15, -0.1) is 0 Å². The molecule has 4 rings (SSSR count). The number of sulfonamides is 1. The lowest BCUT2D eigenvalue weighted by Crippen LogP contribution is -2.40. The van der Waals surface area contributed by atoms with Crippen molar-refractivity contribution in [3.63, 3.8) is 0 Å². The molecule has 0 bridgehead atoms. The summed E-state index contributed by atoms with van der Waals surface area (Å²) in [6.07, 6.45) is -0.584. The molecule has 13 nitrogen and oxygen atoms in total. The van der Waals surface area contributed by atoms with Crippen molar-refractivity contribution in [2.24, 2.45) is 0 Å². The van der Waals surface area contributed by atoms with E-state index in [-0.39, 0.29) is 24.0 Å². The first-order valence-electron chi connectivity index (χ1n) is 12.7. The van der Waals surface area contributed by atoms with Gasteiger partial charge >= 0.3 is 12.3 Å². The van der Waals surface area contributed by atoms with E-state index in [4.69, 9.17) is 4.74 Å². The van der Waals surface area contributed by atoms with E-state index in [0.29, 0.717) is 31.5 Å². The second kappa shape index (κ2) is 11.5. The first-order chi connectivity index (χ1) is 19.5. The summed E-state index contributed by atoms with van der Waals surface area (Å²) in [5.41, 5.74) is -0.135. The third-order valence-corrected chi connectivity index (χ3v) is 7.17. The molecule has 42 heavy (non-hydrogen) atoms. The van der Waals surface area contributed by atoms with Crippen molar-refractivity contribution in [2.75, 3.05) is 34.8 Å². The van der Waals surface area contributed by atoms with Gasteiger partial charge in [0.05, 0.1) is 19.3 Å². The van der Waals surface area contributed by atoms with E-state index in [1.807, 2.05) is 0 Å². The zero-order valence-corrected chi connectivity index (χ0v) is 24.3. The quantitative estimate of drug-likeness (QED) is 0.403. The number of amides is 1. The number of ether oxygens (including phenoxy) is 1. The van der Waals surface area contributed by atoms with Gasteiger partial charge < -0.3 is 20.3 Å². The molecule has 2 N–H and O–H groups in total. The van der Waals surface area contributed by atoms with Crippen molar-refractivity contribution < 1.29 is 31.1 Å². The van der Waals surface area contributed by atoms with Crippen molar-refractivity contribution in [1.29, 1.82) is 0 Å². The molecule has 3 aromatic rings. The number of carbonyl (C=O) groups is 1. The topological polar surface area (TPSA) is 155 Å². The van der Waals surface area contributed by atoms with Gasteiger partial charge in [-0.2, -0.15) is 18.2 Å². The normalized spacial score (nSPS) is 13.8. The van der Waals surface area contributed by atoms with Crippen molar-refractivity contribution in [2.45, 2.75) is 52.1 Å². The van der Waals surface area contributed by atoms with Crippen LogP contribution in [0.1, 0.15) is 43.3 Å². The molecular weight excluding hydrogens is 579 g/mol. The molecule has 0 aromatic carbocycles. The van der Waals surface area contributed by atoms with Crippen LogP contribution in [0.2, 0.25) is 0 Å². The Kier molecular flexibility index (Phi) is 8.43. The smallest absolute Gasteiger partial charge is 0.421 e. The van der Waals surface area contributed by atoms with Crippen molar-refractivity contribution in [1.82, 2.24) is 29.8 Å². The first-order valence-corrected chi connectivity index (χ1v) is 14.5. The highest BCUT2D eigenvalue weighted by Crippen LogP contribution is 2.34. The number of anilines is 4. The molecule has 0 radical (unpaired) electrons. The first kappa shape index (κ1) is 30.7. The zero-order valence-electron chi connectivity index (χ0n) is 23.5. The largest absolute Gasteiger partial charge is 0.444 e. The minimum atomic E-state index is -4.78. The van der Waals surface area contributed by atoms with E-state index < -0.39 is 39.3 Å². The molecule has 0 aliphatic carbocycles. The molecule has 4 heterocycles. The number of pyridine rings is 1. The van der Waals surface area contributed by atoms with E-state index in [1.54, 1.807) is 37.8 Å². The Balaban J connectivity index is 1.53. The fraction of sp³-hybridized carbons (Fsp3) is 0.440. The fourth-order valence-corrected chi connectivity index (χ4v) is 4.41. The van der Waals surface area contributed by atoms with Crippen LogP contribution in [0, 0.1) is 0 Å². The Bertz CT molecular complexity index is 1580. The van der Waals surface area contributed by atoms with Gasteiger partial charge in [-0.1, -0.05) is 6.07 Å². The van der Waals surface area contributed by atoms with E-state index in [9.17, 15) is 26.4 Å². The predicted octanol–water partition coefficient (Wildman–Crippen LogP) is 3.73. The molecule has 0 atom stereocenters. The lowest BCUT2D eigenvalue weighted by atomic mass is 10.1. The number of hydrogen-bond acceptors (Lipinski definition) is 11. The monoisotopic (exact) mass is 609 g/mol. The van der Waals surface area contributed by atoms with Crippen LogP contribution in [0.3, 0.4) is 0 Å². The standard InChI is InChI=1S/C25H30F3N9O4S/c1-24(2,3)41-23(38)37-11-8-17-15(14-37)6-7-19(33-17)34-22-32-12-16(25(26,27)28)20(35-22)31-13-18-21(30-10-9-29-18)36(4)42(5,39)40/h6-7,9-10,12H,8,11,13-14H2,1-5H3,(H2,31,32,33,34,35). The van der Waals surface area contributed by atoms with Gasteiger partial charge in [-0.25, -0.2) is 28.2 Å². The highest BCUT2D eigenvalue weighted by molar-refractivity contribution is 7.92. The Hall–Kier alpha value is -4.28. The van der Waals surface area contributed by atoms with Crippen LogP contribution in [0.5, 0.6) is 0 Å². The molecule has 0 fully saturated rings. The Morgan fingerprint density at radius 3 is 2.50 bits per heavy atom. The van der Waals surface area contributed by atoms with Crippen LogP contribution < -0.4 is 14.9 Å². The Morgan fingerprint density at radius 1 is 1.12 bits per heavy atom. The van der Waals surface area contributed by atoms with Gasteiger partial charge in [0.2, 0.25) is 16.0 Å². The lowest BCUT2D eigenvalue weighted by molar-refractivity contribution is -0.137. The second-order valence-electron chi connectivity index (χ2n) is 10.4. The fourth-order valence-electron chi connectivity index (χ4n) is 3.94. The summed E-state index contributed by atoms with van der Waals surface area (Å²) >= 11 is 0. The van der Waals surface area contributed by atoms with Gasteiger partial charge in [0.15, 0.2) is 5.82 Å². The average Bonchev–Trinajstić information content (AvgIpc) is 2.89. The zero-order chi connectivity index (χ0) is 30.9. The molecule has 1 amide bonds. The Labute approximate surface area is 240 Å². The molecular formula is C25H30F3N9O4S. The molecule has 0 unspecified atom stereocenters. The summed E-state index contributed by atoms with van der Waals surface area (Å²) < 4.78 is 71.5. The van der Waals surface area contributed by atoms with Crippen molar-refractivity contribution >= 4 is 39.5 Å². The summed E-state index contributed by atoms with van der Waals surface area (Å²) in [7, 11) is -2.44. The molecule has 0 spiro atoms. The second-order valence-corrected chi connectivity index (χ2v) is 12.5. The summed E-state index contributed by atoms with van der Waals surface area (Å²) in [5.74, 6) is -0.450.